The summed E-state index contributed by atoms with van der Waals surface area (Å²) in [5.41, 5.74) is 1.57. The second kappa shape index (κ2) is 4.35. The molecule has 1 aromatic carbocycles. The lowest BCUT2D eigenvalue weighted by atomic mass is 10.2. The summed E-state index contributed by atoms with van der Waals surface area (Å²) in [7, 11) is 0. The molecule has 0 saturated carbocycles. The van der Waals surface area contributed by atoms with Crippen LogP contribution >= 0.6 is 27.5 Å². The van der Waals surface area contributed by atoms with E-state index in [0.717, 1.165) is 15.7 Å². The molecule has 1 aromatic heterocycles. The third-order valence-corrected chi connectivity index (χ3v) is 2.65. The van der Waals surface area contributed by atoms with E-state index in [1.54, 1.807) is 23.0 Å². The van der Waals surface area contributed by atoms with Crippen molar-refractivity contribution in [2.75, 3.05) is 0 Å². The van der Waals surface area contributed by atoms with Gasteiger partial charge in [-0.1, -0.05) is 11.6 Å². The molecular weight excluding hydrogens is 279 g/mol. The van der Waals surface area contributed by atoms with Crippen molar-refractivity contribution >= 4 is 27.5 Å². The summed E-state index contributed by atoms with van der Waals surface area (Å²) in [6, 6.07) is 5.32. The summed E-state index contributed by atoms with van der Waals surface area (Å²) in [5.74, 6) is 0. The maximum absolute atomic E-state index is 9.20. The Morgan fingerprint density at radius 2 is 2.27 bits per heavy atom. The average Bonchev–Trinajstić information content (AvgIpc) is 2.64. The molecule has 2 aromatic rings. The van der Waals surface area contributed by atoms with E-state index in [0.29, 0.717) is 5.02 Å². The molecule has 0 fully saturated rings. The largest absolute Gasteiger partial charge is 0.392 e. The molecule has 0 unspecified atom stereocenters. The van der Waals surface area contributed by atoms with E-state index < -0.39 is 0 Å². The van der Waals surface area contributed by atoms with Gasteiger partial charge in [0.1, 0.15) is 0 Å². The quantitative estimate of drug-likeness (QED) is 0.922. The van der Waals surface area contributed by atoms with Crippen LogP contribution in [-0.2, 0) is 6.61 Å². The fourth-order valence-corrected chi connectivity index (χ4v) is 1.82. The summed E-state index contributed by atoms with van der Waals surface area (Å²) in [4.78, 5) is 0. The van der Waals surface area contributed by atoms with Crippen LogP contribution in [0.5, 0.6) is 0 Å². The summed E-state index contributed by atoms with van der Waals surface area (Å²) >= 11 is 9.16. The number of rotatable bonds is 2. The summed E-state index contributed by atoms with van der Waals surface area (Å²) in [6.45, 7) is -0.0621. The van der Waals surface area contributed by atoms with Gasteiger partial charge in [0.2, 0.25) is 0 Å². The molecule has 78 valence electrons. The van der Waals surface area contributed by atoms with Gasteiger partial charge in [0.25, 0.3) is 0 Å². The van der Waals surface area contributed by atoms with Gasteiger partial charge >= 0.3 is 0 Å². The molecule has 3 nitrogen and oxygen atoms in total. The topological polar surface area (TPSA) is 38.0 Å². The number of nitrogens with zero attached hydrogens (tertiary/aromatic N) is 2. The minimum absolute atomic E-state index is 0.0621. The molecular formula is C10H8BrClN2O. The lowest BCUT2D eigenvalue weighted by molar-refractivity contribution is 0.281. The van der Waals surface area contributed by atoms with E-state index in [1.165, 1.54) is 0 Å². The van der Waals surface area contributed by atoms with Crippen LogP contribution in [0.2, 0.25) is 5.02 Å². The summed E-state index contributed by atoms with van der Waals surface area (Å²) in [5, 5.41) is 13.9. The highest BCUT2D eigenvalue weighted by molar-refractivity contribution is 9.10. The summed E-state index contributed by atoms with van der Waals surface area (Å²) in [6.07, 6.45) is 3.51. The van der Waals surface area contributed by atoms with Crippen molar-refractivity contribution in [3.8, 4) is 5.69 Å². The van der Waals surface area contributed by atoms with Crippen molar-refractivity contribution in [1.29, 1.82) is 0 Å². The zero-order chi connectivity index (χ0) is 10.8. The van der Waals surface area contributed by atoms with Gasteiger partial charge in [-0.25, -0.2) is 4.68 Å². The molecule has 0 amide bonds. The molecule has 0 aliphatic rings. The Morgan fingerprint density at radius 3 is 2.87 bits per heavy atom. The fraction of sp³-hybridized carbons (Fsp3) is 0.100. The molecule has 0 atom stereocenters. The van der Waals surface area contributed by atoms with Crippen LogP contribution in [-0.4, -0.2) is 14.9 Å². The Kier molecular flexibility index (Phi) is 3.09. The van der Waals surface area contributed by atoms with Gasteiger partial charge < -0.3 is 5.11 Å². The second-order valence-electron chi connectivity index (χ2n) is 3.03. The van der Waals surface area contributed by atoms with Crippen molar-refractivity contribution in [1.82, 2.24) is 9.78 Å². The molecule has 15 heavy (non-hydrogen) atoms. The monoisotopic (exact) mass is 286 g/mol. The fourth-order valence-electron chi connectivity index (χ4n) is 1.34. The van der Waals surface area contributed by atoms with Gasteiger partial charge in [-0.05, 0) is 34.1 Å². The predicted octanol–water partition coefficient (Wildman–Crippen LogP) is 2.78. The van der Waals surface area contributed by atoms with E-state index in [-0.39, 0.29) is 6.61 Å². The van der Waals surface area contributed by atoms with Crippen LogP contribution < -0.4 is 0 Å². The molecule has 0 aliphatic carbocycles. The zero-order valence-corrected chi connectivity index (χ0v) is 10.0. The van der Waals surface area contributed by atoms with Gasteiger partial charge in [-0.2, -0.15) is 5.10 Å². The minimum atomic E-state index is -0.0621. The van der Waals surface area contributed by atoms with Crippen molar-refractivity contribution < 1.29 is 5.11 Å². The Bertz CT molecular complexity index is 484. The highest BCUT2D eigenvalue weighted by Crippen LogP contribution is 2.20. The van der Waals surface area contributed by atoms with Gasteiger partial charge in [-0.15, -0.1) is 0 Å². The molecule has 0 radical (unpaired) electrons. The van der Waals surface area contributed by atoms with Crippen LogP contribution in [0.25, 0.3) is 5.69 Å². The molecule has 5 heteroatoms. The Balaban J connectivity index is 2.52. The number of aliphatic hydroxyl groups excluding tert-OH is 1. The van der Waals surface area contributed by atoms with Gasteiger partial charge in [0.15, 0.2) is 0 Å². The number of benzene rings is 1. The first-order chi connectivity index (χ1) is 7.20. The molecule has 1 heterocycles. The third-order valence-electron chi connectivity index (χ3n) is 2.01. The second-order valence-corrected chi connectivity index (χ2v) is 4.39. The van der Waals surface area contributed by atoms with Crippen LogP contribution in [0.4, 0.5) is 0 Å². The SMILES string of the molecule is OCc1cc(Cl)ccc1-n1cc(Br)cn1. The van der Waals surface area contributed by atoms with E-state index in [1.807, 2.05) is 12.3 Å². The zero-order valence-electron chi connectivity index (χ0n) is 7.69. The molecule has 2 rings (SSSR count). The maximum atomic E-state index is 9.20. The molecule has 0 bridgehead atoms. The first-order valence-electron chi connectivity index (χ1n) is 4.30. The van der Waals surface area contributed by atoms with Crippen molar-refractivity contribution in [2.45, 2.75) is 6.61 Å². The van der Waals surface area contributed by atoms with E-state index >= 15 is 0 Å². The highest BCUT2D eigenvalue weighted by atomic mass is 79.9. The van der Waals surface area contributed by atoms with Crippen LogP contribution in [0, 0.1) is 0 Å². The summed E-state index contributed by atoms with van der Waals surface area (Å²) < 4.78 is 2.58. The third kappa shape index (κ3) is 2.22. The predicted molar refractivity (Wildman–Crippen MR) is 62.2 cm³/mol. The molecule has 0 spiro atoms. The van der Waals surface area contributed by atoms with Crippen LogP contribution in [0.15, 0.2) is 35.1 Å². The number of hydrogen-bond acceptors (Lipinski definition) is 2. The molecule has 1 N–H and O–H groups in total. The smallest absolute Gasteiger partial charge is 0.0703 e. The van der Waals surface area contributed by atoms with Gasteiger partial charge in [-0.3, -0.25) is 0 Å². The number of halogens is 2. The molecule has 0 saturated heterocycles. The van der Waals surface area contributed by atoms with Crippen molar-refractivity contribution in [3.63, 3.8) is 0 Å². The van der Waals surface area contributed by atoms with Crippen LogP contribution in [0.1, 0.15) is 5.56 Å². The Hall–Kier alpha value is -0.840. The minimum Gasteiger partial charge on any atom is -0.392 e. The Morgan fingerprint density at radius 1 is 1.47 bits per heavy atom. The van der Waals surface area contributed by atoms with E-state index in [4.69, 9.17) is 11.6 Å². The normalized spacial score (nSPS) is 10.6. The van der Waals surface area contributed by atoms with Gasteiger partial charge in [0.05, 0.1) is 23.0 Å². The number of hydrogen-bond donors (Lipinski definition) is 1. The standard InChI is InChI=1S/C10H8BrClN2O/c11-8-4-13-14(5-8)10-2-1-9(12)3-7(10)6-15/h1-5,15H,6H2. The average molecular weight is 288 g/mol. The van der Waals surface area contributed by atoms with E-state index in [9.17, 15) is 5.11 Å². The Labute approximate surface area is 100 Å². The maximum Gasteiger partial charge on any atom is 0.0703 e. The van der Waals surface area contributed by atoms with Crippen molar-refractivity contribution in [2.24, 2.45) is 0 Å². The van der Waals surface area contributed by atoms with Gasteiger partial charge in [0, 0.05) is 16.8 Å². The van der Waals surface area contributed by atoms with Crippen molar-refractivity contribution in [3.05, 3.63) is 45.7 Å². The lowest BCUT2D eigenvalue weighted by Crippen LogP contribution is -1.99. The first kappa shape index (κ1) is 10.7. The van der Waals surface area contributed by atoms with E-state index in [2.05, 4.69) is 21.0 Å². The van der Waals surface area contributed by atoms with Crippen LogP contribution in [0.3, 0.4) is 0 Å². The highest BCUT2D eigenvalue weighted by Gasteiger charge is 2.05. The lowest BCUT2D eigenvalue weighted by Gasteiger charge is -2.07. The molecule has 0 aliphatic heterocycles. The first-order valence-corrected chi connectivity index (χ1v) is 5.47. The number of aliphatic hydroxyl groups is 1. The number of aromatic nitrogens is 2.